The average molecular weight is 265 g/mol. The first-order valence-electron chi connectivity index (χ1n) is 5.68. The predicted molar refractivity (Wildman–Crippen MR) is 71.4 cm³/mol. The van der Waals surface area contributed by atoms with Gasteiger partial charge in [0.25, 0.3) is 0 Å². The van der Waals surface area contributed by atoms with Crippen LogP contribution in [0.5, 0.6) is 11.5 Å². The van der Waals surface area contributed by atoms with Crippen LogP contribution in [0.1, 0.15) is 11.9 Å². The molecule has 0 radical (unpaired) electrons. The summed E-state index contributed by atoms with van der Waals surface area (Å²) in [5.41, 5.74) is 0. The summed E-state index contributed by atoms with van der Waals surface area (Å²) in [6.45, 7) is 2.95. The quantitative estimate of drug-likeness (QED) is 0.870. The number of aromatic nitrogens is 2. The fourth-order valence-corrected chi connectivity index (χ4v) is 2.00. The van der Waals surface area contributed by atoms with Crippen LogP contribution in [0.15, 0.2) is 24.3 Å². The predicted octanol–water partition coefficient (Wildman–Crippen LogP) is 2.56. The van der Waals surface area contributed by atoms with E-state index in [2.05, 4.69) is 15.5 Å². The minimum atomic E-state index is 0.392. The van der Waals surface area contributed by atoms with Crippen LogP contribution in [0.25, 0.3) is 0 Å². The number of hydrogen-bond acceptors (Lipinski definition) is 6. The van der Waals surface area contributed by atoms with Crippen LogP contribution in [-0.2, 0) is 6.61 Å². The average Bonchev–Trinajstić information content (AvgIpc) is 2.86. The fraction of sp³-hybridized carbons (Fsp3) is 0.333. The topological polar surface area (TPSA) is 56.3 Å². The summed E-state index contributed by atoms with van der Waals surface area (Å²) in [5.74, 6) is 1.47. The normalized spacial score (nSPS) is 10.1. The first-order valence-corrected chi connectivity index (χ1v) is 6.50. The zero-order valence-corrected chi connectivity index (χ0v) is 11.2. The lowest BCUT2D eigenvalue weighted by Crippen LogP contribution is -1.99. The molecule has 0 aliphatic heterocycles. The summed E-state index contributed by atoms with van der Waals surface area (Å²) < 4.78 is 11.2. The minimum Gasteiger partial charge on any atom is -0.490 e. The monoisotopic (exact) mass is 265 g/mol. The smallest absolute Gasteiger partial charge is 0.205 e. The SMILES string of the molecule is CCOc1ccccc1OCc1nnc(NC)s1. The van der Waals surface area contributed by atoms with Crippen LogP contribution >= 0.6 is 11.3 Å². The van der Waals surface area contributed by atoms with E-state index in [1.807, 2.05) is 38.2 Å². The van der Waals surface area contributed by atoms with Crippen LogP contribution in [0.2, 0.25) is 0 Å². The molecule has 1 N–H and O–H groups in total. The van der Waals surface area contributed by atoms with Crippen LogP contribution in [0, 0.1) is 0 Å². The van der Waals surface area contributed by atoms with Crippen LogP contribution in [0.3, 0.4) is 0 Å². The second-order valence-electron chi connectivity index (χ2n) is 3.42. The Labute approximate surface area is 110 Å². The summed E-state index contributed by atoms with van der Waals surface area (Å²) in [6.07, 6.45) is 0. The second-order valence-corrected chi connectivity index (χ2v) is 4.48. The molecule has 96 valence electrons. The van der Waals surface area contributed by atoms with Crippen molar-refractivity contribution in [3.8, 4) is 11.5 Å². The van der Waals surface area contributed by atoms with Gasteiger partial charge in [-0.1, -0.05) is 23.5 Å². The van der Waals surface area contributed by atoms with E-state index in [9.17, 15) is 0 Å². The summed E-state index contributed by atoms with van der Waals surface area (Å²) in [7, 11) is 1.82. The molecule has 2 rings (SSSR count). The van der Waals surface area contributed by atoms with Gasteiger partial charge in [0.1, 0.15) is 6.61 Å². The van der Waals surface area contributed by atoms with Gasteiger partial charge in [-0.15, -0.1) is 10.2 Å². The van der Waals surface area contributed by atoms with E-state index in [-0.39, 0.29) is 0 Å². The number of anilines is 1. The molecule has 6 heteroatoms. The van der Waals surface area contributed by atoms with Gasteiger partial charge >= 0.3 is 0 Å². The highest BCUT2D eigenvalue weighted by Gasteiger charge is 2.06. The molecule has 2 aromatic rings. The highest BCUT2D eigenvalue weighted by atomic mass is 32.1. The number of nitrogens with zero attached hydrogens (tertiary/aromatic N) is 2. The summed E-state index contributed by atoms with van der Waals surface area (Å²) >= 11 is 1.47. The highest BCUT2D eigenvalue weighted by Crippen LogP contribution is 2.27. The molecular formula is C12H15N3O2S. The van der Waals surface area contributed by atoms with Crippen LogP contribution in [0.4, 0.5) is 5.13 Å². The maximum Gasteiger partial charge on any atom is 0.205 e. The Kier molecular flexibility index (Phi) is 4.35. The van der Waals surface area contributed by atoms with Crippen molar-refractivity contribution in [2.24, 2.45) is 0 Å². The second kappa shape index (κ2) is 6.20. The molecule has 5 nitrogen and oxygen atoms in total. The molecule has 0 saturated heterocycles. The molecule has 0 spiro atoms. The van der Waals surface area contributed by atoms with Gasteiger partial charge in [-0.25, -0.2) is 0 Å². The molecule has 0 amide bonds. The molecule has 18 heavy (non-hydrogen) atoms. The van der Waals surface area contributed by atoms with Gasteiger partial charge in [0, 0.05) is 7.05 Å². The Hall–Kier alpha value is -1.82. The standard InChI is InChI=1S/C12H15N3O2S/c1-3-16-9-6-4-5-7-10(9)17-8-11-14-15-12(13-2)18-11/h4-7H,3,8H2,1-2H3,(H,13,15). The van der Waals surface area contributed by atoms with E-state index < -0.39 is 0 Å². The van der Waals surface area contributed by atoms with Gasteiger partial charge in [-0.05, 0) is 19.1 Å². The Morgan fingerprint density at radius 2 is 1.89 bits per heavy atom. The van der Waals surface area contributed by atoms with E-state index >= 15 is 0 Å². The maximum atomic E-state index is 5.69. The summed E-state index contributed by atoms with van der Waals surface area (Å²) in [5, 5.41) is 12.5. The molecule has 0 bridgehead atoms. The van der Waals surface area contributed by atoms with E-state index in [0.717, 1.165) is 21.6 Å². The lowest BCUT2D eigenvalue weighted by molar-refractivity contribution is 0.268. The molecule has 1 aromatic carbocycles. The Morgan fingerprint density at radius 1 is 1.17 bits per heavy atom. The number of rotatable bonds is 6. The lowest BCUT2D eigenvalue weighted by Gasteiger charge is -2.09. The molecule has 0 aliphatic rings. The van der Waals surface area contributed by atoms with Crippen LogP contribution < -0.4 is 14.8 Å². The third-order valence-corrected chi connectivity index (χ3v) is 3.10. The number of hydrogen-bond donors (Lipinski definition) is 1. The van der Waals surface area contributed by atoms with Crippen molar-refractivity contribution >= 4 is 16.5 Å². The number of ether oxygens (including phenoxy) is 2. The van der Waals surface area contributed by atoms with Crippen molar-refractivity contribution in [3.63, 3.8) is 0 Å². The van der Waals surface area contributed by atoms with Gasteiger partial charge in [0.2, 0.25) is 5.13 Å². The maximum absolute atomic E-state index is 5.69. The van der Waals surface area contributed by atoms with Gasteiger partial charge < -0.3 is 14.8 Å². The highest BCUT2D eigenvalue weighted by molar-refractivity contribution is 7.15. The Bertz CT molecular complexity index is 502. The lowest BCUT2D eigenvalue weighted by atomic mass is 10.3. The molecule has 0 unspecified atom stereocenters. The molecule has 0 saturated carbocycles. The number of benzene rings is 1. The summed E-state index contributed by atoms with van der Waals surface area (Å²) in [6, 6.07) is 7.60. The third-order valence-electron chi connectivity index (χ3n) is 2.18. The van der Waals surface area contributed by atoms with E-state index in [4.69, 9.17) is 9.47 Å². The van der Waals surface area contributed by atoms with Gasteiger partial charge in [0.05, 0.1) is 6.61 Å². The third kappa shape index (κ3) is 3.10. The van der Waals surface area contributed by atoms with Crippen LogP contribution in [-0.4, -0.2) is 23.9 Å². The molecule has 0 atom stereocenters. The van der Waals surface area contributed by atoms with Crippen molar-refractivity contribution in [1.29, 1.82) is 0 Å². The molecular weight excluding hydrogens is 250 g/mol. The van der Waals surface area contributed by atoms with Crippen molar-refractivity contribution in [1.82, 2.24) is 10.2 Å². The van der Waals surface area contributed by atoms with Gasteiger partial charge in [-0.2, -0.15) is 0 Å². The zero-order chi connectivity index (χ0) is 12.8. The first kappa shape index (κ1) is 12.6. The molecule has 1 heterocycles. The largest absolute Gasteiger partial charge is 0.490 e. The molecule has 0 aliphatic carbocycles. The molecule has 0 fully saturated rings. The van der Waals surface area contributed by atoms with E-state index in [1.165, 1.54) is 11.3 Å². The van der Waals surface area contributed by atoms with Crippen molar-refractivity contribution in [2.45, 2.75) is 13.5 Å². The van der Waals surface area contributed by atoms with E-state index in [1.54, 1.807) is 0 Å². The van der Waals surface area contributed by atoms with Crippen molar-refractivity contribution < 1.29 is 9.47 Å². The van der Waals surface area contributed by atoms with Gasteiger partial charge in [0.15, 0.2) is 16.5 Å². The Morgan fingerprint density at radius 3 is 2.50 bits per heavy atom. The zero-order valence-electron chi connectivity index (χ0n) is 10.3. The summed E-state index contributed by atoms with van der Waals surface area (Å²) in [4.78, 5) is 0. The van der Waals surface area contributed by atoms with Gasteiger partial charge in [-0.3, -0.25) is 0 Å². The number of para-hydroxylation sites is 2. The van der Waals surface area contributed by atoms with Crippen molar-refractivity contribution in [3.05, 3.63) is 29.3 Å². The van der Waals surface area contributed by atoms with E-state index in [0.29, 0.717) is 13.2 Å². The Balaban J connectivity index is 2.01. The minimum absolute atomic E-state index is 0.392. The molecule has 1 aromatic heterocycles. The first-order chi connectivity index (χ1) is 8.83. The fourth-order valence-electron chi connectivity index (χ4n) is 1.40. The van der Waals surface area contributed by atoms with Crippen molar-refractivity contribution in [2.75, 3.05) is 19.0 Å². The number of nitrogens with one attached hydrogen (secondary N) is 1.